The van der Waals surface area contributed by atoms with Crippen molar-refractivity contribution in [3.8, 4) is 6.07 Å². The SMILES string of the molecule is CC(CNC(=O)/C=C/c1ccc(C#N)cc1)CC(=O)O. The molecule has 1 unspecified atom stereocenters. The highest BCUT2D eigenvalue weighted by molar-refractivity contribution is 5.91. The van der Waals surface area contributed by atoms with Gasteiger partial charge in [-0.25, -0.2) is 0 Å². The molecule has 0 aliphatic carbocycles. The minimum absolute atomic E-state index is 0.0274. The topological polar surface area (TPSA) is 90.2 Å². The van der Waals surface area contributed by atoms with Crippen molar-refractivity contribution in [1.82, 2.24) is 5.32 Å². The second kappa shape index (κ2) is 7.74. The number of nitriles is 1. The lowest BCUT2D eigenvalue weighted by molar-refractivity contribution is -0.138. The van der Waals surface area contributed by atoms with Crippen LogP contribution in [0.25, 0.3) is 6.08 Å². The van der Waals surface area contributed by atoms with E-state index >= 15 is 0 Å². The molecular weight excluding hydrogens is 256 g/mol. The van der Waals surface area contributed by atoms with Gasteiger partial charge in [0.2, 0.25) is 5.91 Å². The van der Waals surface area contributed by atoms with Crippen LogP contribution in [0.4, 0.5) is 0 Å². The summed E-state index contributed by atoms with van der Waals surface area (Å²) in [5.74, 6) is -1.26. The van der Waals surface area contributed by atoms with Crippen LogP contribution in [0.2, 0.25) is 0 Å². The monoisotopic (exact) mass is 272 g/mol. The molecule has 0 radical (unpaired) electrons. The number of carbonyl (C=O) groups is 2. The van der Waals surface area contributed by atoms with E-state index in [-0.39, 0.29) is 18.2 Å². The van der Waals surface area contributed by atoms with Crippen molar-refractivity contribution < 1.29 is 14.7 Å². The minimum Gasteiger partial charge on any atom is -0.481 e. The maximum Gasteiger partial charge on any atom is 0.303 e. The Morgan fingerprint density at radius 3 is 2.60 bits per heavy atom. The highest BCUT2D eigenvalue weighted by Gasteiger charge is 2.07. The predicted octanol–water partition coefficient (Wildman–Crippen LogP) is 1.80. The Bertz CT molecular complexity index is 541. The van der Waals surface area contributed by atoms with Crippen LogP contribution in [0.15, 0.2) is 30.3 Å². The maximum atomic E-state index is 11.5. The van der Waals surface area contributed by atoms with E-state index in [4.69, 9.17) is 10.4 Å². The number of carboxylic acids is 1. The third-order valence-electron chi connectivity index (χ3n) is 2.61. The van der Waals surface area contributed by atoms with Gasteiger partial charge in [0.15, 0.2) is 0 Å². The Morgan fingerprint density at radius 1 is 1.40 bits per heavy atom. The molecule has 1 aromatic rings. The van der Waals surface area contributed by atoms with Crippen LogP contribution in [0.1, 0.15) is 24.5 Å². The van der Waals surface area contributed by atoms with Gasteiger partial charge < -0.3 is 10.4 Å². The van der Waals surface area contributed by atoms with Gasteiger partial charge in [-0.3, -0.25) is 9.59 Å². The largest absolute Gasteiger partial charge is 0.481 e. The molecule has 0 saturated carbocycles. The highest BCUT2D eigenvalue weighted by Crippen LogP contribution is 2.05. The summed E-state index contributed by atoms with van der Waals surface area (Å²) in [6.07, 6.45) is 3.05. The number of rotatable bonds is 6. The van der Waals surface area contributed by atoms with E-state index in [0.29, 0.717) is 12.1 Å². The van der Waals surface area contributed by atoms with Crippen LogP contribution in [0.5, 0.6) is 0 Å². The van der Waals surface area contributed by atoms with E-state index in [1.165, 1.54) is 6.08 Å². The Kier molecular flexibility index (Phi) is 5.98. The summed E-state index contributed by atoms with van der Waals surface area (Å²) in [6, 6.07) is 8.85. The van der Waals surface area contributed by atoms with Crippen molar-refractivity contribution in [3.05, 3.63) is 41.5 Å². The van der Waals surface area contributed by atoms with E-state index < -0.39 is 5.97 Å². The van der Waals surface area contributed by atoms with E-state index in [1.807, 2.05) is 6.07 Å². The number of nitrogens with one attached hydrogen (secondary N) is 1. The number of carboxylic acid groups (broad SMARTS) is 1. The summed E-state index contributed by atoms with van der Waals surface area (Å²) in [6.45, 7) is 2.08. The van der Waals surface area contributed by atoms with Crippen molar-refractivity contribution in [2.75, 3.05) is 6.54 Å². The van der Waals surface area contributed by atoms with Gasteiger partial charge in [-0.1, -0.05) is 19.1 Å². The van der Waals surface area contributed by atoms with E-state index in [1.54, 1.807) is 37.3 Å². The average molecular weight is 272 g/mol. The average Bonchev–Trinajstić information content (AvgIpc) is 2.42. The molecule has 1 atom stereocenters. The fourth-order valence-corrected chi connectivity index (χ4v) is 1.54. The van der Waals surface area contributed by atoms with E-state index in [0.717, 1.165) is 5.56 Å². The second-order valence-electron chi connectivity index (χ2n) is 4.52. The van der Waals surface area contributed by atoms with Gasteiger partial charge in [-0.15, -0.1) is 0 Å². The lowest BCUT2D eigenvalue weighted by atomic mass is 10.1. The van der Waals surface area contributed by atoms with Crippen molar-refractivity contribution >= 4 is 18.0 Å². The Balaban J connectivity index is 2.43. The summed E-state index contributed by atoms with van der Waals surface area (Å²) in [5, 5.41) is 19.9. The van der Waals surface area contributed by atoms with Crippen LogP contribution in [-0.2, 0) is 9.59 Å². The molecule has 0 aliphatic rings. The van der Waals surface area contributed by atoms with Gasteiger partial charge >= 0.3 is 5.97 Å². The first-order chi connectivity index (χ1) is 9.51. The smallest absolute Gasteiger partial charge is 0.303 e. The van der Waals surface area contributed by atoms with Crippen molar-refractivity contribution in [2.45, 2.75) is 13.3 Å². The van der Waals surface area contributed by atoms with Crippen molar-refractivity contribution in [3.63, 3.8) is 0 Å². The van der Waals surface area contributed by atoms with Crippen LogP contribution in [0.3, 0.4) is 0 Å². The molecule has 2 N–H and O–H groups in total. The number of benzene rings is 1. The molecular formula is C15H16N2O3. The molecule has 0 spiro atoms. The zero-order valence-corrected chi connectivity index (χ0v) is 11.2. The fourth-order valence-electron chi connectivity index (χ4n) is 1.54. The standard InChI is InChI=1S/C15H16N2O3/c1-11(8-15(19)20)10-17-14(18)7-6-12-2-4-13(9-16)5-3-12/h2-7,11H,8,10H2,1H3,(H,17,18)(H,19,20)/b7-6+. The summed E-state index contributed by atoms with van der Waals surface area (Å²) in [5.41, 5.74) is 1.38. The molecule has 20 heavy (non-hydrogen) atoms. The number of aliphatic carboxylic acids is 1. The van der Waals surface area contributed by atoms with Crippen LogP contribution in [-0.4, -0.2) is 23.5 Å². The Morgan fingerprint density at radius 2 is 2.05 bits per heavy atom. The van der Waals surface area contributed by atoms with Crippen LogP contribution >= 0.6 is 0 Å². The van der Waals surface area contributed by atoms with E-state index in [2.05, 4.69) is 5.32 Å². The summed E-state index contributed by atoms with van der Waals surface area (Å²) < 4.78 is 0. The van der Waals surface area contributed by atoms with Gasteiger partial charge in [0, 0.05) is 19.0 Å². The Labute approximate surface area is 117 Å². The normalized spacial score (nSPS) is 11.8. The van der Waals surface area contributed by atoms with Gasteiger partial charge in [-0.2, -0.15) is 5.26 Å². The molecule has 0 saturated heterocycles. The first-order valence-electron chi connectivity index (χ1n) is 6.19. The number of hydrogen-bond acceptors (Lipinski definition) is 3. The molecule has 0 aromatic heterocycles. The maximum absolute atomic E-state index is 11.5. The first-order valence-corrected chi connectivity index (χ1v) is 6.19. The minimum atomic E-state index is -0.875. The number of nitrogens with zero attached hydrogens (tertiary/aromatic N) is 1. The molecule has 5 heteroatoms. The number of hydrogen-bond donors (Lipinski definition) is 2. The third kappa shape index (κ3) is 5.83. The quantitative estimate of drug-likeness (QED) is 0.772. The molecule has 1 amide bonds. The molecule has 0 aliphatic heterocycles. The second-order valence-corrected chi connectivity index (χ2v) is 4.52. The van der Waals surface area contributed by atoms with Gasteiger partial charge in [0.05, 0.1) is 11.6 Å². The molecule has 0 fully saturated rings. The lowest BCUT2D eigenvalue weighted by Gasteiger charge is -2.08. The Hall–Kier alpha value is -2.61. The van der Waals surface area contributed by atoms with Crippen molar-refractivity contribution in [2.24, 2.45) is 5.92 Å². The van der Waals surface area contributed by atoms with Gasteiger partial charge in [0.25, 0.3) is 0 Å². The van der Waals surface area contributed by atoms with Crippen molar-refractivity contribution in [1.29, 1.82) is 5.26 Å². The fraction of sp³-hybridized carbons (Fsp3) is 0.267. The zero-order chi connectivity index (χ0) is 15.0. The predicted molar refractivity (Wildman–Crippen MR) is 74.6 cm³/mol. The molecule has 5 nitrogen and oxygen atoms in total. The molecule has 0 heterocycles. The van der Waals surface area contributed by atoms with Crippen LogP contribution < -0.4 is 5.32 Å². The zero-order valence-electron chi connectivity index (χ0n) is 11.2. The number of carbonyl (C=O) groups excluding carboxylic acids is 1. The van der Waals surface area contributed by atoms with Gasteiger partial charge in [0.1, 0.15) is 0 Å². The van der Waals surface area contributed by atoms with Gasteiger partial charge in [-0.05, 0) is 29.7 Å². The summed E-state index contributed by atoms with van der Waals surface area (Å²) >= 11 is 0. The first kappa shape index (κ1) is 15.4. The highest BCUT2D eigenvalue weighted by atomic mass is 16.4. The van der Waals surface area contributed by atoms with E-state index in [9.17, 15) is 9.59 Å². The molecule has 104 valence electrons. The molecule has 1 rings (SSSR count). The third-order valence-corrected chi connectivity index (χ3v) is 2.61. The van der Waals surface area contributed by atoms with Crippen LogP contribution in [0, 0.1) is 17.2 Å². The summed E-state index contributed by atoms with van der Waals surface area (Å²) in [7, 11) is 0. The number of amides is 1. The molecule has 1 aromatic carbocycles. The molecule has 0 bridgehead atoms. The lowest BCUT2D eigenvalue weighted by Crippen LogP contribution is -2.27. The summed E-state index contributed by atoms with van der Waals surface area (Å²) in [4.78, 5) is 22.0.